The van der Waals surface area contributed by atoms with Crippen LogP contribution in [0, 0.1) is 11.6 Å². The first-order chi connectivity index (χ1) is 11.0. The maximum absolute atomic E-state index is 13.9. The largest absolute Gasteiger partial charge is 0.391 e. The lowest BCUT2D eigenvalue weighted by molar-refractivity contribution is 0.281. The molecule has 2 aromatic carbocycles. The van der Waals surface area contributed by atoms with Gasteiger partial charge in [0, 0.05) is 16.1 Å². The van der Waals surface area contributed by atoms with E-state index in [1.165, 1.54) is 6.07 Å². The molecular weight excluding hydrogens is 347 g/mol. The molecule has 1 N–H and O–H groups in total. The maximum atomic E-state index is 13.9. The zero-order chi connectivity index (χ0) is 16.6. The highest BCUT2D eigenvalue weighted by Gasteiger charge is 2.22. The second kappa shape index (κ2) is 6.28. The van der Waals surface area contributed by atoms with E-state index in [2.05, 4.69) is 5.16 Å². The summed E-state index contributed by atoms with van der Waals surface area (Å²) in [5.74, 6) is -1.13. The summed E-state index contributed by atoms with van der Waals surface area (Å²) in [5.41, 5.74) is 0.564. The van der Waals surface area contributed by atoms with Gasteiger partial charge in [-0.3, -0.25) is 0 Å². The predicted molar refractivity (Wildman–Crippen MR) is 83.2 cm³/mol. The Bertz CT molecular complexity index is 881. The Morgan fingerprint density at radius 3 is 2.52 bits per heavy atom. The highest BCUT2D eigenvalue weighted by molar-refractivity contribution is 6.36. The lowest BCUT2D eigenvalue weighted by atomic mass is 10.0. The number of hydrogen-bond donors (Lipinski definition) is 1. The van der Waals surface area contributed by atoms with Gasteiger partial charge in [-0.05, 0) is 36.4 Å². The molecule has 3 nitrogen and oxygen atoms in total. The number of hydrogen-bond acceptors (Lipinski definition) is 3. The predicted octanol–water partition coefficient (Wildman–Crippen LogP) is 5.09. The third kappa shape index (κ3) is 2.95. The van der Waals surface area contributed by atoms with Crippen molar-refractivity contribution in [1.82, 2.24) is 5.16 Å². The number of aliphatic hydroxyl groups is 1. The van der Waals surface area contributed by atoms with E-state index >= 15 is 0 Å². The van der Waals surface area contributed by atoms with Gasteiger partial charge in [0.2, 0.25) is 0 Å². The number of nitrogens with zero attached hydrogens (tertiary/aromatic N) is 1. The molecule has 0 aliphatic carbocycles. The zero-order valence-electron chi connectivity index (χ0n) is 11.5. The van der Waals surface area contributed by atoms with E-state index in [1.807, 2.05) is 0 Å². The van der Waals surface area contributed by atoms with Gasteiger partial charge >= 0.3 is 0 Å². The van der Waals surface area contributed by atoms with E-state index in [0.29, 0.717) is 10.6 Å². The van der Waals surface area contributed by atoms with Crippen LogP contribution < -0.4 is 0 Å². The zero-order valence-corrected chi connectivity index (χ0v) is 13.0. The SMILES string of the molecule is OCc1c(-c2cc(F)ccc2F)noc1-c1ccc(Cl)cc1Cl. The van der Waals surface area contributed by atoms with Crippen molar-refractivity contribution in [3.8, 4) is 22.6 Å². The van der Waals surface area contributed by atoms with Crippen LogP contribution in [0.5, 0.6) is 0 Å². The third-order valence-corrected chi connectivity index (χ3v) is 3.85. The molecule has 0 saturated carbocycles. The topological polar surface area (TPSA) is 46.3 Å². The fourth-order valence-corrected chi connectivity index (χ4v) is 2.73. The molecule has 0 bridgehead atoms. The first-order valence-corrected chi connectivity index (χ1v) is 7.27. The van der Waals surface area contributed by atoms with Crippen molar-refractivity contribution in [3.63, 3.8) is 0 Å². The smallest absolute Gasteiger partial charge is 0.174 e. The van der Waals surface area contributed by atoms with E-state index in [-0.39, 0.29) is 27.6 Å². The molecule has 3 aromatic rings. The van der Waals surface area contributed by atoms with Gasteiger partial charge in [-0.15, -0.1) is 0 Å². The molecule has 0 radical (unpaired) electrons. The Morgan fingerprint density at radius 1 is 1.04 bits per heavy atom. The standard InChI is InChI=1S/C16H9Cl2F2NO2/c17-8-1-3-10(13(18)5-8)16-12(7-22)15(21-23-16)11-6-9(19)2-4-14(11)20/h1-6,22H,7H2. The Labute approximate surface area is 140 Å². The van der Waals surface area contributed by atoms with Gasteiger partial charge in [0.05, 0.1) is 17.2 Å². The monoisotopic (exact) mass is 355 g/mol. The van der Waals surface area contributed by atoms with Crippen LogP contribution in [0.25, 0.3) is 22.6 Å². The normalized spacial score (nSPS) is 11.0. The summed E-state index contributed by atoms with van der Waals surface area (Å²) in [5, 5.41) is 14.1. The van der Waals surface area contributed by atoms with Crippen LogP contribution in [0.15, 0.2) is 40.9 Å². The number of aromatic nitrogens is 1. The van der Waals surface area contributed by atoms with E-state index < -0.39 is 18.2 Å². The summed E-state index contributed by atoms with van der Waals surface area (Å²) in [6.07, 6.45) is 0. The minimum Gasteiger partial charge on any atom is -0.391 e. The molecule has 118 valence electrons. The molecule has 23 heavy (non-hydrogen) atoms. The van der Waals surface area contributed by atoms with Gasteiger partial charge < -0.3 is 9.63 Å². The van der Waals surface area contributed by atoms with Gasteiger partial charge in [-0.1, -0.05) is 28.4 Å². The summed E-state index contributed by atoms with van der Waals surface area (Å²) in [6, 6.07) is 7.65. The molecule has 1 heterocycles. The molecule has 0 unspecified atom stereocenters. The average Bonchev–Trinajstić information content (AvgIpc) is 2.93. The number of rotatable bonds is 3. The average molecular weight is 356 g/mol. The summed E-state index contributed by atoms with van der Waals surface area (Å²) >= 11 is 12.0. The second-order valence-electron chi connectivity index (χ2n) is 4.75. The Morgan fingerprint density at radius 2 is 1.83 bits per heavy atom. The first-order valence-electron chi connectivity index (χ1n) is 6.51. The number of aliphatic hydroxyl groups excluding tert-OH is 1. The van der Waals surface area contributed by atoms with E-state index in [1.54, 1.807) is 12.1 Å². The van der Waals surface area contributed by atoms with Crippen molar-refractivity contribution in [2.45, 2.75) is 6.61 Å². The highest BCUT2D eigenvalue weighted by atomic mass is 35.5. The van der Waals surface area contributed by atoms with Crippen LogP contribution in [-0.4, -0.2) is 10.3 Å². The maximum Gasteiger partial charge on any atom is 0.174 e. The van der Waals surface area contributed by atoms with E-state index in [9.17, 15) is 13.9 Å². The minimum atomic E-state index is -0.678. The Balaban J connectivity index is 2.19. The molecule has 0 saturated heterocycles. The summed E-state index contributed by atoms with van der Waals surface area (Å²) in [4.78, 5) is 0. The van der Waals surface area contributed by atoms with Crippen molar-refractivity contribution < 1.29 is 18.4 Å². The van der Waals surface area contributed by atoms with Crippen molar-refractivity contribution in [2.24, 2.45) is 0 Å². The molecule has 0 fully saturated rings. The van der Waals surface area contributed by atoms with Crippen molar-refractivity contribution >= 4 is 23.2 Å². The quantitative estimate of drug-likeness (QED) is 0.711. The summed E-state index contributed by atoms with van der Waals surface area (Å²) < 4.78 is 32.5. The molecule has 3 rings (SSSR count). The van der Waals surface area contributed by atoms with Gasteiger partial charge in [0.15, 0.2) is 5.76 Å². The van der Waals surface area contributed by atoms with Crippen LogP contribution in [0.2, 0.25) is 10.0 Å². The highest BCUT2D eigenvalue weighted by Crippen LogP contribution is 2.37. The van der Waals surface area contributed by atoms with E-state index in [0.717, 1.165) is 18.2 Å². The second-order valence-corrected chi connectivity index (χ2v) is 5.59. The van der Waals surface area contributed by atoms with Gasteiger partial charge in [0.25, 0.3) is 0 Å². The van der Waals surface area contributed by atoms with Crippen LogP contribution in [0.1, 0.15) is 5.56 Å². The molecule has 0 aliphatic rings. The number of halogens is 4. The Hall–Kier alpha value is -1.95. The van der Waals surface area contributed by atoms with Crippen LogP contribution in [-0.2, 0) is 6.61 Å². The van der Waals surface area contributed by atoms with Crippen molar-refractivity contribution in [2.75, 3.05) is 0 Å². The lowest BCUT2D eigenvalue weighted by Gasteiger charge is -2.04. The molecule has 1 aromatic heterocycles. The molecule has 0 aliphatic heterocycles. The van der Waals surface area contributed by atoms with Gasteiger partial charge in [0.1, 0.15) is 17.3 Å². The summed E-state index contributed by atoms with van der Waals surface area (Å²) in [7, 11) is 0. The van der Waals surface area contributed by atoms with Gasteiger partial charge in [-0.2, -0.15) is 0 Å². The molecule has 0 atom stereocenters. The lowest BCUT2D eigenvalue weighted by Crippen LogP contribution is -1.93. The third-order valence-electron chi connectivity index (χ3n) is 3.31. The minimum absolute atomic E-state index is 0.0190. The van der Waals surface area contributed by atoms with E-state index in [4.69, 9.17) is 27.7 Å². The molecular formula is C16H9Cl2F2NO2. The van der Waals surface area contributed by atoms with Crippen molar-refractivity contribution in [1.29, 1.82) is 0 Å². The number of benzene rings is 2. The van der Waals surface area contributed by atoms with Gasteiger partial charge in [-0.25, -0.2) is 8.78 Å². The first kappa shape index (κ1) is 15.9. The molecule has 0 amide bonds. The van der Waals surface area contributed by atoms with Crippen LogP contribution in [0.3, 0.4) is 0 Å². The molecule has 0 spiro atoms. The fraction of sp³-hybridized carbons (Fsp3) is 0.0625. The van der Waals surface area contributed by atoms with Crippen LogP contribution >= 0.6 is 23.2 Å². The van der Waals surface area contributed by atoms with Crippen molar-refractivity contribution in [3.05, 3.63) is 63.6 Å². The molecule has 7 heteroatoms. The Kier molecular flexibility index (Phi) is 4.35. The summed E-state index contributed by atoms with van der Waals surface area (Å²) in [6.45, 7) is -0.483. The van der Waals surface area contributed by atoms with Crippen LogP contribution in [0.4, 0.5) is 8.78 Å². The fourth-order valence-electron chi connectivity index (χ4n) is 2.23.